The molecule has 132 valence electrons. The van der Waals surface area contributed by atoms with Crippen molar-refractivity contribution >= 4 is 6.09 Å². The zero-order chi connectivity index (χ0) is 18.6. The predicted molar refractivity (Wildman–Crippen MR) is 98.2 cm³/mol. The number of halogens is 1. The van der Waals surface area contributed by atoms with Crippen molar-refractivity contribution in [3.63, 3.8) is 0 Å². The summed E-state index contributed by atoms with van der Waals surface area (Å²) < 4.78 is 19.1. The fourth-order valence-electron chi connectivity index (χ4n) is 2.94. The zero-order valence-corrected chi connectivity index (χ0v) is 14.2. The number of ether oxygens (including phenoxy) is 1. The molecule has 0 aliphatic carbocycles. The molecule has 1 fully saturated rings. The van der Waals surface area contributed by atoms with Gasteiger partial charge in [0, 0.05) is 0 Å². The average molecular weight is 358 g/mol. The second-order valence-corrected chi connectivity index (χ2v) is 6.04. The number of hydrogen-bond acceptors (Lipinski definition) is 3. The van der Waals surface area contributed by atoms with Crippen LogP contribution in [0, 0.1) is 17.7 Å². The van der Waals surface area contributed by atoms with Crippen LogP contribution >= 0.6 is 0 Å². The number of hydrogen-bond donors (Lipinski definition) is 1. The van der Waals surface area contributed by atoms with Crippen LogP contribution in [0.15, 0.2) is 72.8 Å². The summed E-state index contributed by atoms with van der Waals surface area (Å²) >= 11 is 0. The normalized spacial score (nSPS) is 18.2. The number of alkyl carbamates (subject to hydrolysis) is 1. The van der Waals surface area contributed by atoms with Crippen LogP contribution in [0.25, 0.3) is 0 Å². The van der Waals surface area contributed by atoms with Crippen molar-refractivity contribution in [1.29, 1.82) is 0 Å². The minimum absolute atomic E-state index is 0.310. The maximum absolute atomic E-state index is 13.7. The predicted octanol–water partition coefficient (Wildman–Crippen LogP) is 4.14. The van der Waals surface area contributed by atoms with E-state index in [1.807, 2.05) is 36.4 Å². The molecule has 5 heteroatoms. The first-order valence-electron chi connectivity index (χ1n) is 8.46. The highest BCUT2D eigenvalue weighted by Crippen LogP contribution is 2.35. The van der Waals surface area contributed by atoms with Gasteiger partial charge in [-0.25, -0.2) is 14.2 Å². The molecule has 3 aromatic rings. The van der Waals surface area contributed by atoms with Gasteiger partial charge in [0.05, 0.1) is 11.3 Å². The topological polar surface area (TPSA) is 51.2 Å². The van der Waals surface area contributed by atoms with Crippen LogP contribution in [0.1, 0.15) is 34.7 Å². The SMILES string of the molecule is O=C1N[C@@H](c2cccc(C#Cc3ccccc3F)n2)[C@H](c2ccccc2)O1. The summed E-state index contributed by atoms with van der Waals surface area (Å²) in [5.74, 6) is 5.30. The molecule has 4 nitrogen and oxygen atoms in total. The third kappa shape index (κ3) is 3.65. The van der Waals surface area contributed by atoms with Gasteiger partial charge < -0.3 is 10.1 Å². The molecule has 0 radical (unpaired) electrons. The van der Waals surface area contributed by atoms with E-state index in [0.29, 0.717) is 17.0 Å². The van der Waals surface area contributed by atoms with Gasteiger partial charge in [-0.3, -0.25) is 0 Å². The summed E-state index contributed by atoms with van der Waals surface area (Å²) in [6.45, 7) is 0. The van der Waals surface area contributed by atoms with Gasteiger partial charge in [0.25, 0.3) is 0 Å². The molecule has 4 rings (SSSR count). The Bertz CT molecular complexity index is 1040. The van der Waals surface area contributed by atoms with Gasteiger partial charge in [-0.05, 0) is 35.7 Å². The number of amides is 1. The Kier molecular flexibility index (Phi) is 4.54. The Morgan fingerprint density at radius 2 is 1.70 bits per heavy atom. The van der Waals surface area contributed by atoms with E-state index in [-0.39, 0.29) is 5.82 Å². The van der Waals surface area contributed by atoms with Gasteiger partial charge in [-0.1, -0.05) is 54.5 Å². The highest BCUT2D eigenvalue weighted by Gasteiger charge is 2.37. The smallest absolute Gasteiger partial charge is 0.408 e. The van der Waals surface area contributed by atoms with E-state index >= 15 is 0 Å². The van der Waals surface area contributed by atoms with E-state index in [1.165, 1.54) is 6.07 Å². The van der Waals surface area contributed by atoms with Crippen molar-refractivity contribution in [3.8, 4) is 11.8 Å². The Balaban J connectivity index is 1.64. The molecule has 2 heterocycles. The van der Waals surface area contributed by atoms with Crippen molar-refractivity contribution in [2.24, 2.45) is 0 Å². The number of rotatable bonds is 2. The second-order valence-electron chi connectivity index (χ2n) is 6.04. The summed E-state index contributed by atoms with van der Waals surface area (Å²) in [6, 6.07) is 20.8. The summed E-state index contributed by atoms with van der Waals surface area (Å²) in [5.41, 5.74) is 2.31. The standard InChI is InChI=1S/C22H15FN2O2/c23-18-11-5-4-7-15(18)13-14-17-10-6-12-19(24-17)20-21(27-22(26)25-20)16-8-2-1-3-9-16/h1-12,20-21H,(H,25,26)/t20-,21-/m0/s1. The van der Waals surface area contributed by atoms with Gasteiger partial charge >= 0.3 is 6.09 Å². The average Bonchev–Trinajstić information content (AvgIpc) is 3.10. The molecule has 0 bridgehead atoms. The van der Waals surface area contributed by atoms with Crippen molar-refractivity contribution in [2.45, 2.75) is 12.1 Å². The van der Waals surface area contributed by atoms with E-state index in [1.54, 1.807) is 30.3 Å². The van der Waals surface area contributed by atoms with E-state index in [4.69, 9.17) is 4.74 Å². The molecular weight excluding hydrogens is 343 g/mol. The van der Waals surface area contributed by atoms with E-state index < -0.39 is 18.2 Å². The van der Waals surface area contributed by atoms with Gasteiger partial charge in [0.15, 0.2) is 6.10 Å². The lowest BCUT2D eigenvalue weighted by Crippen LogP contribution is -2.20. The van der Waals surface area contributed by atoms with Crippen LogP contribution in [-0.4, -0.2) is 11.1 Å². The second kappa shape index (κ2) is 7.30. The quantitative estimate of drug-likeness (QED) is 0.701. The Hall–Kier alpha value is -3.65. The number of carbonyl (C=O) groups excluding carboxylic acids is 1. The Morgan fingerprint density at radius 3 is 2.52 bits per heavy atom. The molecular formula is C22H15FN2O2. The largest absolute Gasteiger partial charge is 0.439 e. The molecule has 27 heavy (non-hydrogen) atoms. The number of nitrogens with one attached hydrogen (secondary N) is 1. The minimum Gasteiger partial charge on any atom is -0.439 e. The van der Waals surface area contributed by atoms with E-state index in [9.17, 15) is 9.18 Å². The number of pyridine rings is 1. The van der Waals surface area contributed by atoms with Crippen LogP contribution in [0.3, 0.4) is 0 Å². The molecule has 0 spiro atoms. The third-order valence-corrected chi connectivity index (χ3v) is 4.23. The number of carbonyl (C=O) groups is 1. The first-order chi connectivity index (χ1) is 13.2. The first-order valence-corrected chi connectivity index (χ1v) is 8.46. The lowest BCUT2D eigenvalue weighted by molar-refractivity contribution is 0.132. The number of cyclic esters (lactones) is 1. The van der Waals surface area contributed by atoms with Crippen LogP contribution < -0.4 is 5.32 Å². The van der Waals surface area contributed by atoms with Crippen molar-refractivity contribution in [3.05, 3.63) is 101 Å². The molecule has 1 aromatic heterocycles. The van der Waals surface area contributed by atoms with Gasteiger partial charge in [-0.15, -0.1) is 0 Å². The van der Waals surface area contributed by atoms with Crippen LogP contribution in [0.5, 0.6) is 0 Å². The number of aromatic nitrogens is 1. The van der Waals surface area contributed by atoms with Gasteiger partial charge in [0.1, 0.15) is 17.6 Å². The third-order valence-electron chi connectivity index (χ3n) is 4.23. The zero-order valence-electron chi connectivity index (χ0n) is 14.2. The van der Waals surface area contributed by atoms with Crippen molar-refractivity contribution in [1.82, 2.24) is 10.3 Å². The highest BCUT2D eigenvalue weighted by atomic mass is 19.1. The monoisotopic (exact) mass is 358 g/mol. The van der Waals surface area contributed by atoms with Crippen LogP contribution in [0.4, 0.5) is 9.18 Å². The molecule has 0 saturated carbocycles. The lowest BCUT2D eigenvalue weighted by Gasteiger charge is -2.16. The maximum atomic E-state index is 13.7. The molecule has 2 aromatic carbocycles. The summed E-state index contributed by atoms with van der Waals surface area (Å²) in [6.07, 6.45) is -0.959. The summed E-state index contributed by atoms with van der Waals surface area (Å²) in [4.78, 5) is 16.3. The maximum Gasteiger partial charge on any atom is 0.408 e. The molecule has 1 aliphatic heterocycles. The molecule has 0 unspecified atom stereocenters. The molecule has 1 N–H and O–H groups in total. The van der Waals surface area contributed by atoms with Crippen LogP contribution in [0.2, 0.25) is 0 Å². The fraction of sp³-hybridized carbons (Fsp3) is 0.0909. The van der Waals surface area contributed by atoms with E-state index in [0.717, 1.165) is 5.56 Å². The van der Waals surface area contributed by atoms with Gasteiger partial charge in [-0.2, -0.15) is 0 Å². The fourth-order valence-corrected chi connectivity index (χ4v) is 2.94. The van der Waals surface area contributed by atoms with Crippen LogP contribution in [-0.2, 0) is 4.74 Å². The summed E-state index contributed by atoms with van der Waals surface area (Å²) in [7, 11) is 0. The highest BCUT2D eigenvalue weighted by molar-refractivity contribution is 5.71. The Labute approximate surface area is 156 Å². The minimum atomic E-state index is -0.488. The van der Waals surface area contributed by atoms with Crippen molar-refractivity contribution < 1.29 is 13.9 Å². The first kappa shape index (κ1) is 16.8. The summed E-state index contributed by atoms with van der Waals surface area (Å²) in [5, 5.41) is 2.80. The molecule has 1 saturated heterocycles. The van der Waals surface area contributed by atoms with E-state index in [2.05, 4.69) is 22.1 Å². The lowest BCUT2D eigenvalue weighted by atomic mass is 10.00. The Morgan fingerprint density at radius 1 is 0.926 bits per heavy atom. The molecule has 1 amide bonds. The number of nitrogens with zero attached hydrogens (tertiary/aromatic N) is 1. The molecule has 2 atom stereocenters. The molecule has 1 aliphatic rings. The van der Waals surface area contributed by atoms with Crippen molar-refractivity contribution in [2.75, 3.05) is 0 Å². The van der Waals surface area contributed by atoms with Gasteiger partial charge in [0.2, 0.25) is 0 Å². The number of benzene rings is 2.